The summed E-state index contributed by atoms with van der Waals surface area (Å²) >= 11 is 0. The number of benzene rings is 1. The number of carbonyl (C=O) groups excluding carboxylic acids is 3. The zero-order valence-electron chi connectivity index (χ0n) is 14.5. The van der Waals surface area contributed by atoms with Crippen LogP contribution in [0, 0.1) is 11.8 Å². The molecule has 130 valence electrons. The number of amides is 1. The highest BCUT2D eigenvalue weighted by Gasteiger charge is 2.30. The summed E-state index contributed by atoms with van der Waals surface area (Å²) in [6.45, 7) is 5.93. The van der Waals surface area contributed by atoms with Crippen LogP contribution in [0.5, 0.6) is 0 Å². The molecule has 0 radical (unpaired) electrons. The predicted molar refractivity (Wildman–Crippen MR) is 90.8 cm³/mol. The fourth-order valence-electron chi connectivity index (χ4n) is 3.07. The Labute approximate surface area is 142 Å². The summed E-state index contributed by atoms with van der Waals surface area (Å²) in [6, 6.07) is 6.25. The Bertz CT molecular complexity index is 596. The molecule has 0 spiro atoms. The summed E-state index contributed by atoms with van der Waals surface area (Å²) in [5.41, 5.74) is 0.803. The molecule has 1 N–H and O–H groups in total. The number of esters is 1. The van der Waals surface area contributed by atoms with Gasteiger partial charge in [0.1, 0.15) is 6.29 Å². The Kier molecular flexibility index (Phi) is 6.12. The van der Waals surface area contributed by atoms with Crippen molar-refractivity contribution in [1.29, 1.82) is 0 Å². The van der Waals surface area contributed by atoms with Gasteiger partial charge in [0, 0.05) is 11.6 Å². The normalized spacial score (nSPS) is 24.7. The van der Waals surface area contributed by atoms with Crippen molar-refractivity contribution in [3.05, 3.63) is 35.4 Å². The molecule has 1 aromatic rings. The topological polar surface area (TPSA) is 72.5 Å². The minimum absolute atomic E-state index is 0.134. The Hall–Kier alpha value is -2.17. The van der Waals surface area contributed by atoms with Crippen molar-refractivity contribution in [2.24, 2.45) is 11.8 Å². The first kappa shape index (κ1) is 18.2. The first-order chi connectivity index (χ1) is 11.4. The molecule has 5 heteroatoms. The van der Waals surface area contributed by atoms with Crippen LogP contribution in [0.2, 0.25) is 0 Å². The van der Waals surface area contributed by atoms with Gasteiger partial charge >= 0.3 is 5.97 Å². The SMILES string of the molecule is C[C@@H]1[C@@H](C)CCC[C@H]1NC(=O)[C@@H](C)OC(=O)c1ccc(C=O)cc1. The number of carbonyl (C=O) groups is 3. The summed E-state index contributed by atoms with van der Waals surface area (Å²) in [5, 5.41) is 3.01. The molecule has 2 rings (SSSR count). The van der Waals surface area contributed by atoms with Gasteiger partial charge in [-0.05, 0) is 37.3 Å². The second kappa shape index (κ2) is 8.08. The monoisotopic (exact) mass is 331 g/mol. The standard InChI is InChI=1S/C19H25NO4/c1-12-5-4-6-17(13(12)2)20-18(22)14(3)24-19(23)16-9-7-15(11-21)8-10-16/h7-14,17H,4-6H2,1-3H3,(H,20,22)/t12-,13+,14+,17+/m0/s1. The predicted octanol–water partition coefficient (Wildman–Crippen LogP) is 2.99. The summed E-state index contributed by atoms with van der Waals surface area (Å²) in [4.78, 5) is 35.0. The van der Waals surface area contributed by atoms with Crippen LogP contribution in [0.25, 0.3) is 0 Å². The lowest BCUT2D eigenvalue weighted by atomic mass is 9.78. The van der Waals surface area contributed by atoms with Crippen LogP contribution in [0.15, 0.2) is 24.3 Å². The molecule has 0 aliphatic heterocycles. The third kappa shape index (κ3) is 4.43. The molecule has 0 unspecified atom stereocenters. The lowest BCUT2D eigenvalue weighted by molar-refractivity contribution is -0.130. The van der Waals surface area contributed by atoms with Crippen LogP contribution in [0.3, 0.4) is 0 Å². The van der Waals surface area contributed by atoms with Crippen LogP contribution in [0.4, 0.5) is 0 Å². The second-order valence-electron chi connectivity index (χ2n) is 6.67. The summed E-state index contributed by atoms with van der Waals surface area (Å²) in [7, 11) is 0. The summed E-state index contributed by atoms with van der Waals surface area (Å²) in [5.74, 6) is 0.165. The summed E-state index contributed by atoms with van der Waals surface area (Å²) < 4.78 is 5.24. The van der Waals surface area contributed by atoms with E-state index in [0.717, 1.165) is 12.8 Å². The Morgan fingerprint density at radius 2 is 1.88 bits per heavy atom. The average molecular weight is 331 g/mol. The van der Waals surface area contributed by atoms with E-state index in [-0.39, 0.29) is 11.9 Å². The van der Waals surface area contributed by atoms with Gasteiger partial charge in [0.15, 0.2) is 6.10 Å². The van der Waals surface area contributed by atoms with Gasteiger partial charge in [0.05, 0.1) is 5.56 Å². The van der Waals surface area contributed by atoms with Gasteiger partial charge in [-0.1, -0.05) is 38.8 Å². The van der Waals surface area contributed by atoms with Crippen LogP contribution >= 0.6 is 0 Å². The van der Waals surface area contributed by atoms with E-state index in [2.05, 4.69) is 19.2 Å². The third-order valence-corrected chi connectivity index (χ3v) is 4.97. The molecular formula is C19H25NO4. The number of nitrogens with one attached hydrogen (secondary N) is 1. The highest BCUT2D eigenvalue weighted by Crippen LogP contribution is 2.29. The first-order valence-electron chi connectivity index (χ1n) is 8.49. The molecule has 4 atom stereocenters. The van der Waals surface area contributed by atoms with Gasteiger partial charge < -0.3 is 10.1 Å². The molecule has 0 saturated heterocycles. The molecule has 0 bridgehead atoms. The Morgan fingerprint density at radius 3 is 2.50 bits per heavy atom. The van der Waals surface area contributed by atoms with Gasteiger partial charge in [0.25, 0.3) is 5.91 Å². The average Bonchev–Trinajstić information content (AvgIpc) is 2.58. The van der Waals surface area contributed by atoms with E-state index < -0.39 is 12.1 Å². The molecule has 1 aliphatic carbocycles. The smallest absolute Gasteiger partial charge is 0.338 e. The van der Waals surface area contributed by atoms with E-state index in [1.54, 1.807) is 19.1 Å². The molecule has 1 fully saturated rings. The Morgan fingerprint density at radius 1 is 1.21 bits per heavy atom. The van der Waals surface area contributed by atoms with E-state index >= 15 is 0 Å². The third-order valence-electron chi connectivity index (χ3n) is 4.97. The molecule has 0 aromatic heterocycles. The largest absolute Gasteiger partial charge is 0.449 e. The number of ether oxygens (including phenoxy) is 1. The fraction of sp³-hybridized carbons (Fsp3) is 0.526. The van der Waals surface area contributed by atoms with Crippen LogP contribution in [-0.4, -0.2) is 30.3 Å². The maximum absolute atomic E-state index is 12.3. The molecule has 1 saturated carbocycles. The molecule has 24 heavy (non-hydrogen) atoms. The lowest BCUT2D eigenvalue weighted by Gasteiger charge is -2.35. The van der Waals surface area contributed by atoms with Crippen molar-refractivity contribution in [2.75, 3.05) is 0 Å². The maximum Gasteiger partial charge on any atom is 0.338 e. The highest BCUT2D eigenvalue weighted by molar-refractivity contribution is 5.92. The highest BCUT2D eigenvalue weighted by atomic mass is 16.5. The Balaban J connectivity index is 1.90. The number of aldehydes is 1. The van der Waals surface area contributed by atoms with Crippen LogP contribution in [-0.2, 0) is 9.53 Å². The van der Waals surface area contributed by atoms with Gasteiger partial charge in [0.2, 0.25) is 0 Å². The minimum Gasteiger partial charge on any atom is -0.449 e. The quantitative estimate of drug-likeness (QED) is 0.665. The number of hydrogen-bond acceptors (Lipinski definition) is 4. The first-order valence-corrected chi connectivity index (χ1v) is 8.49. The molecule has 1 aliphatic rings. The minimum atomic E-state index is -0.854. The van der Waals surface area contributed by atoms with E-state index in [0.29, 0.717) is 29.2 Å². The van der Waals surface area contributed by atoms with Crippen molar-refractivity contribution in [3.63, 3.8) is 0 Å². The van der Waals surface area contributed by atoms with Crippen LogP contribution < -0.4 is 5.32 Å². The van der Waals surface area contributed by atoms with Gasteiger partial charge in [-0.15, -0.1) is 0 Å². The van der Waals surface area contributed by atoms with Crippen molar-refractivity contribution >= 4 is 18.2 Å². The molecule has 0 heterocycles. The van der Waals surface area contributed by atoms with Crippen molar-refractivity contribution in [2.45, 2.75) is 52.2 Å². The molecular weight excluding hydrogens is 306 g/mol. The fourth-order valence-corrected chi connectivity index (χ4v) is 3.07. The zero-order chi connectivity index (χ0) is 17.7. The van der Waals surface area contributed by atoms with Crippen molar-refractivity contribution in [1.82, 2.24) is 5.32 Å². The van der Waals surface area contributed by atoms with Crippen LogP contribution in [0.1, 0.15) is 60.7 Å². The van der Waals surface area contributed by atoms with E-state index in [1.807, 2.05) is 0 Å². The van der Waals surface area contributed by atoms with Gasteiger partial charge in [-0.2, -0.15) is 0 Å². The van der Waals surface area contributed by atoms with Crippen molar-refractivity contribution < 1.29 is 19.1 Å². The second-order valence-corrected chi connectivity index (χ2v) is 6.67. The lowest BCUT2D eigenvalue weighted by Crippen LogP contribution is -2.47. The molecule has 5 nitrogen and oxygen atoms in total. The molecule has 1 aromatic carbocycles. The van der Waals surface area contributed by atoms with E-state index in [4.69, 9.17) is 4.74 Å². The molecule has 1 amide bonds. The van der Waals surface area contributed by atoms with Gasteiger partial charge in [-0.25, -0.2) is 4.79 Å². The number of hydrogen-bond donors (Lipinski definition) is 1. The van der Waals surface area contributed by atoms with E-state index in [9.17, 15) is 14.4 Å². The van der Waals surface area contributed by atoms with E-state index in [1.165, 1.54) is 18.6 Å². The zero-order valence-corrected chi connectivity index (χ0v) is 14.5. The summed E-state index contributed by atoms with van der Waals surface area (Å²) in [6.07, 6.45) is 3.11. The number of rotatable bonds is 5. The maximum atomic E-state index is 12.3. The van der Waals surface area contributed by atoms with Crippen molar-refractivity contribution in [3.8, 4) is 0 Å². The van der Waals surface area contributed by atoms with Gasteiger partial charge in [-0.3, -0.25) is 9.59 Å².